The zero-order valence-corrected chi connectivity index (χ0v) is 19.1. The summed E-state index contributed by atoms with van der Waals surface area (Å²) in [5.74, 6) is 1.32. The third-order valence-electron chi connectivity index (χ3n) is 8.39. The van der Waals surface area contributed by atoms with E-state index in [1.807, 2.05) is 5.51 Å². The number of carbonyl (C=O) groups is 2. The monoisotopic (exact) mass is 429 g/mol. The van der Waals surface area contributed by atoms with Gasteiger partial charge in [-0.15, -0.1) is 11.3 Å². The molecule has 2 saturated heterocycles. The molecule has 5 nitrogen and oxygen atoms in total. The molecule has 1 spiro atoms. The highest BCUT2D eigenvalue weighted by atomic mass is 32.1. The molecule has 1 unspecified atom stereocenters. The summed E-state index contributed by atoms with van der Waals surface area (Å²) >= 11 is 1.72. The van der Waals surface area contributed by atoms with E-state index in [0.717, 1.165) is 50.9 Å². The Kier molecular flexibility index (Phi) is 5.63. The minimum absolute atomic E-state index is 0.161. The van der Waals surface area contributed by atoms with Crippen molar-refractivity contribution in [3.63, 3.8) is 0 Å². The molecule has 3 heterocycles. The van der Waals surface area contributed by atoms with E-state index in [4.69, 9.17) is 0 Å². The van der Waals surface area contributed by atoms with E-state index in [1.54, 1.807) is 11.3 Å². The van der Waals surface area contributed by atoms with Crippen molar-refractivity contribution in [1.82, 2.24) is 14.8 Å². The SMILES string of the molecule is Cc1ncsc1C1N(C2CCN(C(=O)CC3CCCCC3)CC2)C(=O)C12CCCC2. The number of likely N-dealkylation sites (tertiary alicyclic amines) is 2. The Morgan fingerprint density at radius 1 is 1.10 bits per heavy atom. The second-order valence-electron chi connectivity index (χ2n) is 10.1. The Balaban J connectivity index is 1.24. The van der Waals surface area contributed by atoms with E-state index in [-0.39, 0.29) is 17.5 Å². The van der Waals surface area contributed by atoms with E-state index in [9.17, 15) is 9.59 Å². The van der Waals surface area contributed by atoms with Gasteiger partial charge in [-0.2, -0.15) is 0 Å². The molecule has 1 aromatic rings. The minimum atomic E-state index is -0.161. The number of carbonyl (C=O) groups excluding carboxylic acids is 2. The standard InChI is InChI=1S/C24H35N3O2S/c1-17-21(30-16-25-17)22-24(11-5-6-12-24)23(29)27(22)19-9-13-26(14-10-19)20(28)15-18-7-3-2-4-8-18/h16,18-19,22H,2-15H2,1H3. The Hall–Kier alpha value is -1.43. The van der Waals surface area contributed by atoms with Gasteiger partial charge in [0.1, 0.15) is 0 Å². The smallest absolute Gasteiger partial charge is 0.232 e. The van der Waals surface area contributed by atoms with Gasteiger partial charge in [0.25, 0.3) is 0 Å². The van der Waals surface area contributed by atoms with E-state index < -0.39 is 0 Å². The first-order valence-electron chi connectivity index (χ1n) is 12.1. The predicted molar refractivity (Wildman–Crippen MR) is 118 cm³/mol. The number of thiazole rings is 1. The molecular formula is C24H35N3O2S. The van der Waals surface area contributed by atoms with Crippen LogP contribution < -0.4 is 0 Å². The molecule has 2 amide bonds. The van der Waals surface area contributed by atoms with Crippen LogP contribution in [0.2, 0.25) is 0 Å². The zero-order valence-electron chi connectivity index (χ0n) is 18.3. The number of piperidine rings is 1. The molecule has 1 aromatic heterocycles. The van der Waals surface area contributed by atoms with Crippen LogP contribution in [0.1, 0.15) is 93.7 Å². The molecule has 0 bridgehead atoms. The fourth-order valence-corrected chi connectivity index (χ4v) is 7.69. The summed E-state index contributed by atoms with van der Waals surface area (Å²) in [6.45, 7) is 3.70. The summed E-state index contributed by atoms with van der Waals surface area (Å²) in [4.78, 5) is 36.3. The molecule has 0 radical (unpaired) electrons. The molecule has 30 heavy (non-hydrogen) atoms. The number of β-lactam (4-membered cyclic amide) rings is 1. The second-order valence-corrected chi connectivity index (χ2v) is 11.0. The summed E-state index contributed by atoms with van der Waals surface area (Å²) in [5, 5.41) is 0. The van der Waals surface area contributed by atoms with Crippen LogP contribution in [-0.4, -0.2) is 45.7 Å². The van der Waals surface area contributed by atoms with Gasteiger partial charge in [0.05, 0.1) is 27.5 Å². The van der Waals surface area contributed by atoms with Crippen LogP contribution in [0.15, 0.2) is 5.51 Å². The Bertz CT molecular complexity index is 786. The van der Waals surface area contributed by atoms with E-state index >= 15 is 0 Å². The normalized spacial score (nSPS) is 27.6. The molecule has 1 atom stereocenters. The first-order chi connectivity index (χ1) is 14.6. The number of hydrogen-bond acceptors (Lipinski definition) is 4. The highest BCUT2D eigenvalue weighted by Crippen LogP contribution is 2.61. The quantitative estimate of drug-likeness (QED) is 0.643. The molecule has 164 valence electrons. The number of amides is 2. The molecule has 0 aromatic carbocycles. The molecule has 4 aliphatic rings. The summed E-state index contributed by atoms with van der Waals surface area (Å²) in [6, 6.07) is 0.489. The number of nitrogens with zero attached hydrogens (tertiary/aromatic N) is 3. The molecule has 4 fully saturated rings. The van der Waals surface area contributed by atoms with Gasteiger partial charge in [-0.05, 0) is 51.4 Å². The van der Waals surface area contributed by atoms with Crippen LogP contribution in [0.5, 0.6) is 0 Å². The summed E-state index contributed by atoms with van der Waals surface area (Å²) in [6.07, 6.45) is 13.3. The zero-order chi connectivity index (χ0) is 20.7. The molecule has 6 heteroatoms. The van der Waals surface area contributed by atoms with Crippen LogP contribution in [0.25, 0.3) is 0 Å². The topological polar surface area (TPSA) is 53.5 Å². The number of hydrogen-bond donors (Lipinski definition) is 0. The molecular weight excluding hydrogens is 394 g/mol. The summed E-state index contributed by atoms with van der Waals surface area (Å²) in [7, 11) is 0. The Morgan fingerprint density at radius 2 is 1.80 bits per heavy atom. The summed E-state index contributed by atoms with van der Waals surface area (Å²) < 4.78 is 0. The lowest BCUT2D eigenvalue weighted by Gasteiger charge is -2.58. The molecule has 2 aliphatic carbocycles. The average Bonchev–Trinajstić information content (AvgIpc) is 3.43. The maximum atomic E-state index is 13.4. The van der Waals surface area contributed by atoms with Crippen LogP contribution in [0.4, 0.5) is 0 Å². The van der Waals surface area contributed by atoms with Gasteiger partial charge in [-0.1, -0.05) is 32.1 Å². The fourth-order valence-electron chi connectivity index (χ4n) is 6.67. The molecule has 0 N–H and O–H groups in total. The van der Waals surface area contributed by atoms with Crippen molar-refractivity contribution < 1.29 is 9.59 Å². The van der Waals surface area contributed by atoms with Crippen LogP contribution in [0, 0.1) is 18.3 Å². The van der Waals surface area contributed by atoms with Crippen molar-refractivity contribution in [2.75, 3.05) is 13.1 Å². The minimum Gasteiger partial charge on any atom is -0.343 e. The maximum Gasteiger partial charge on any atom is 0.232 e. The van der Waals surface area contributed by atoms with Crippen LogP contribution in [-0.2, 0) is 9.59 Å². The highest BCUT2D eigenvalue weighted by Gasteiger charge is 2.64. The van der Waals surface area contributed by atoms with Gasteiger partial charge in [0, 0.05) is 25.6 Å². The highest BCUT2D eigenvalue weighted by molar-refractivity contribution is 7.09. The lowest BCUT2D eigenvalue weighted by Crippen LogP contribution is -2.66. The van der Waals surface area contributed by atoms with Crippen LogP contribution >= 0.6 is 11.3 Å². The Labute approximate surface area is 184 Å². The van der Waals surface area contributed by atoms with Crippen molar-refractivity contribution in [2.24, 2.45) is 11.3 Å². The van der Waals surface area contributed by atoms with Crippen molar-refractivity contribution in [1.29, 1.82) is 0 Å². The van der Waals surface area contributed by atoms with Gasteiger partial charge in [0.2, 0.25) is 11.8 Å². The third kappa shape index (κ3) is 3.39. The van der Waals surface area contributed by atoms with E-state index in [0.29, 0.717) is 17.7 Å². The number of aromatic nitrogens is 1. The number of aryl methyl sites for hydroxylation is 1. The van der Waals surface area contributed by atoms with Crippen LogP contribution in [0.3, 0.4) is 0 Å². The number of rotatable bonds is 4. The predicted octanol–water partition coefficient (Wildman–Crippen LogP) is 4.86. The van der Waals surface area contributed by atoms with Crippen molar-refractivity contribution in [3.05, 3.63) is 16.1 Å². The largest absolute Gasteiger partial charge is 0.343 e. The first-order valence-corrected chi connectivity index (χ1v) is 13.0. The molecule has 5 rings (SSSR count). The van der Waals surface area contributed by atoms with Gasteiger partial charge in [-0.25, -0.2) is 4.98 Å². The molecule has 2 aliphatic heterocycles. The maximum absolute atomic E-state index is 13.4. The Morgan fingerprint density at radius 3 is 2.43 bits per heavy atom. The van der Waals surface area contributed by atoms with Crippen molar-refractivity contribution in [3.8, 4) is 0 Å². The van der Waals surface area contributed by atoms with Gasteiger partial charge >= 0.3 is 0 Å². The lowest BCUT2D eigenvalue weighted by atomic mass is 9.67. The van der Waals surface area contributed by atoms with Crippen molar-refractivity contribution in [2.45, 2.75) is 96.1 Å². The molecule has 2 saturated carbocycles. The third-order valence-corrected chi connectivity index (χ3v) is 9.37. The fraction of sp³-hybridized carbons (Fsp3) is 0.792. The van der Waals surface area contributed by atoms with Gasteiger partial charge in [-0.3, -0.25) is 9.59 Å². The summed E-state index contributed by atoms with van der Waals surface area (Å²) in [5.41, 5.74) is 2.86. The lowest BCUT2D eigenvalue weighted by molar-refractivity contribution is -0.180. The van der Waals surface area contributed by atoms with Gasteiger partial charge in [0.15, 0.2) is 0 Å². The van der Waals surface area contributed by atoms with E-state index in [1.165, 1.54) is 49.8 Å². The van der Waals surface area contributed by atoms with Crippen molar-refractivity contribution >= 4 is 23.2 Å². The first kappa shape index (κ1) is 20.5. The average molecular weight is 430 g/mol. The second kappa shape index (κ2) is 8.25. The van der Waals surface area contributed by atoms with E-state index in [2.05, 4.69) is 21.7 Å². The van der Waals surface area contributed by atoms with Gasteiger partial charge < -0.3 is 9.80 Å².